The van der Waals surface area contributed by atoms with Crippen LogP contribution in [0.5, 0.6) is 5.75 Å². The number of carbonyl (C=O) groups is 2. The third-order valence-corrected chi connectivity index (χ3v) is 3.03. The number of rotatable bonds is 6. The second kappa shape index (κ2) is 8.89. The standard InChI is InChI=1S/C19H17N3O3/c1-3-11-25-18-9-7-15(8-10-18)13-20-22-19(24)16-5-4-6-17(12-16)21-14(2)23/h1,4-10,12-13H,11H2,2H3,(H,21,23)(H,22,24). The van der Waals surface area contributed by atoms with E-state index in [-0.39, 0.29) is 18.4 Å². The normalized spacial score (nSPS) is 10.1. The summed E-state index contributed by atoms with van der Waals surface area (Å²) in [5, 5.41) is 6.54. The monoisotopic (exact) mass is 335 g/mol. The highest BCUT2D eigenvalue weighted by Crippen LogP contribution is 2.11. The molecule has 2 N–H and O–H groups in total. The van der Waals surface area contributed by atoms with Crippen molar-refractivity contribution in [2.45, 2.75) is 6.92 Å². The smallest absolute Gasteiger partial charge is 0.271 e. The third-order valence-electron chi connectivity index (χ3n) is 3.03. The van der Waals surface area contributed by atoms with E-state index in [9.17, 15) is 9.59 Å². The van der Waals surface area contributed by atoms with Gasteiger partial charge < -0.3 is 10.1 Å². The zero-order valence-corrected chi connectivity index (χ0v) is 13.7. The molecule has 6 nitrogen and oxygen atoms in total. The van der Waals surface area contributed by atoms with Crippen LogP contribution in [-0.4, -0.2) is 24.6 Å². The molecule has 0 saturated heterocycles. The Morgan fingerprint density at radius 1 is 1.24 bits per heavy atom. The summed E-state index contributed by atoms with van der Waals surface area (Å²) in [6.07, 6.45) is 6.64. The van der Waals surface area contributed by atoms with Crippen molar-refractivity contribution in [2.75, 3.05) is 11.9 Å². The number of benzene rings is 2. The molecule has 0 aliphatic carbocycles. The first-order valence-electron chi connectivity index (χ1n) is 7.46. The predicted molar refractivity (Wildman–Crippen MR) is 96.6 cm³/mol. The Labute approximate surface area is 145 Å². The number of carbonyl (C=O) groups excluding carboxylic acids is 2. The maximum atomic E-state index is 12.1. The highest BCUT2D eigenvalue weighted by atomic mass is 16.5. The van der Waals surface area contributed by atoms with Gasteiger partial charge in [0.15, 0.2) is 0 Å². The van der Waals surface area contributed by atoms with Crippen LogP contribution in [0.4, 0.5) is 5.69 Å². The number of nitrogens with one attached hydrogen (secondary N) is 2. The summed E-state index contributed by atoms with van der Waals surface area (Å²) >= 11 is 0. The van der Waals surface area contributed by atoms with Crippen LogP contribution >= 0.6 is 0 Å². The molecule has 2 aromatic rings. The largest absolute Gasteiger partial charge is 0.481 e. The summed E-state index contributed by atoms with van der Waals surface area (Å²) in [4.78, 5) is 23.1. The number of nitrogens with zero attached hydrogens (tertiary/aromatic N) is 1. The molecule has 6 heteroatoms. The van der Waals surface area contributed by atoms with Crippen molar-refractivity contribution >= 4 is 23.7 Å². The van der Waals surface area contributed by atoms with E-state index in [1.165, 1.54) is 13.1 Å². The minimum Gasteiger partial charge on any atom is -0.481 e. The summed E-state index contributed by atoms with van der Waals surface area (Å²) in [5.41, 5.74) is 4.17. The predicted octanol–water partition coefficient (Wildman–Crippen LogP) is 2.42. The van der Waals surface area contributed by atoms with E-state index in [4.69, 9.17) is 11.2 Å². The Balaban J connectivity index is 1.94. The van der Waals surface area contributed by atoms with Crippen molar-refractivity contribution in [3.05, 3.63) is 59.7 Å². The lowest BCUT2D eigenvalue weighted by atomic mass is 10.2. The molecule has 0 heterocycles. The number of hydrogen-bond donors (Lipinski definition) is 2. The average Bonchev–Trinajstić information content (AvgIpc) is 2.60. The Bertz CT molecular complexity index is 821. The van der Waals surface area contributed by atoms with Gasteiger partial charge in [-0.25, -0.2) is 5.43 Å². The van der Waals surface area contributed by atoms with Gasteiger partial charge in [0.25, 0.3) is 5.91 Å². The molecule has 0 spiro atoms. The molecule has 0 fully saturated rings. The van der Waals surface area contributed by atoms with E-state index in [2.05, 4.69) is 21.8 Å². The second-order valence-corrected chi connectivity index (χ2v) is 5.02. The van der Waals surface area contributed by atoms with Crippen molar-refractivity contribution in [3.63, 3.8) is 0 Å². The minimum atomic E-state index is -0.377. The van der Waals surface area contributed by atoms with Gasteiger partial charge in [0.2, 0.25) is 5.91 Å². The second-order valence-electron chi connectivity index (χ2n) is 5.02. The van der Waals surface area contributed by atoms with Gasteiger partial charge in [0, 0.05) is 18.2 Å². The number of hydrazone groups is 1. The first-order valence-corrected chi connectivity index (χ1v) is 7.46. The molecule has 25 heavy (non-hydrogen) atoms. The number of terminal acetylenes is 1. The Kier molecular flexibility index (Phi) is 6.32. The summed E-state index contributed by atoms with van der Waals surface area (Å²) < 4.78 is 5.27. The third kappa shape index (κ3) is 5.84. The summed E-state index contributed by atoms with van der Waals surface area (Å²) in [5.74, 6) is 2.47. The van der Waals surface area contributed by atoms with Crippen molar-refractivity contribution in [2.24, 2.45) is 5.10 Å². The number of hydrogen-bond acceptors (Lipinski definition) is 4. The summed E-state index contributed by atoms with van der Waals surface area (Å²) in [7, 11) is 0. The summed E-state index contributed by atoms with van der Waals surface area (Å²) in [6.45, 7) is 1.61. The minimum absolute atomic E-state index is 0.203. The molecular formula is C19H17N3O3. The molecular weight excluding hydrogens is 318 g/mol. The molecule has 126 valence electrons. The zero-order chi connectivity index (χ0) is 18.1. The van der Waals surface area contributed by atoms with Crippen LogP contribution in [-0.2, 0) is 4.79 Å². The Hall–Kier alpha value is -3.59. The fourth-order valence-corrected chi connectivity index (χ4v) is 1.95. The molecule has 0 unspecified atom stereocenters. The molecule has 2 aromatic carbocycles. The first-order chi connectivity index (χ1) is 12.1. The van der Waals surface area contributed by atoms with Crippen molar-refractivity contribution in [3.8, 4) is 18.1 Å². The van der Waals surface area contributed by atoms with E-state index < -0.39 is 0 Å². The van der Waals surface area contributed by atoms with E-state index in [0.29, 0.717) is 17.0 Å². The topological polar surface area (TPSA) is 79.8 Å². The van der Waals surface area contributed by atoms with Gasteiger partial charge in [0.05, 0.1) is 6.21 Å². The van der Waals surface area contributed by atoms with Crippen LogP contribution in [0.15, 0.2) is 53.6 Å². The molecule has 0 saturated carbocycles. The van der Waals surface area contributed by atoms with Crippen molar-refractivity contribution in [1.29, 1.82) is 0 Å². The van der Waals surface area contributed by atoms with E-state index in [0.717, 1.165) is 5.56 Å². The molecule has 2 amide bonds. The highest BCUT2D eigenvalue weighted by Gasteiger charge is 2.05. The molecule has 2 rings (SSSR count). The maximum Gasteiger partial charge on any atom is 0.271 e. The lowest BCUT2D eigenvalue weighted by Gasteiger charge is -2.04. The fraction of sp³-hybridized carbons (Fsp3) is 0.105. The molecule has 0 aliphatic heterocycles. The van der Waals surface area contributed by atoms with Gasteiger partial charge in [0.1, 0.15) is 12.4 Å². The quantitative estimate of drug-likeness (QED) is 0.483. The van der Waals surface area contributed by atoms with Gasteiger partial charge in [-0.05, 0) is 48.0 Å². The number of amides is 2. The Morgan fingerprint density at radius 2 is 2.00 bits per heavy atom. The summed E-state index contributed by atoms with van der Waals surface area (Å²) in [6, 6.07) is 13.7. The van der Waals surface area contributed by atoms with E-state index >= 15 is 0 Å². The van der Waals surface area contributed by atoms with E-state index in [1.54, 1.807) is 48.5 Å². The maximum absolute atomic E-state index is 12.1. The van der Waals surface area contributed by atoms with Gasteiger partial charge in [-0.2, -0.15) is 5.10 Å². The zero-order valence-electron chi connectivity index (χ0n) is 13.7. The average molecular weight is 335 g/mol. The fourth-order valence-electron chi connectivity index (χ4n) is 1.95. The van der Waals surface area contributed by atoms with Gasteiger partial charge >= 0.3 is 0 Å². The SMILES string of the molecule is C#CCOc1ccc(C=NNC(=O)c2cccc(NC(C)=O)c2)cc1. The highest BCUT2D eigenvalue weighted by molar-refractivity contribution is 5.97. The Morgan fingerprint density at radius 3 is 2.68 bits per heavy atom. The van der Waals surface area contributed by atoms with Crippen LogP contribution in [0.25, 0.3) is 0 Å². The van der Waals surface area contributed by atoms with Crippen molar-refractivity contribution < 1.29 is 14.3 Å². The lowest BCUT2D eigenvalue weighted by Crippen LogP contribution is -2.18. The van der Waals surface area contributed by atoms with Crippen LogP contribution in [0.1, 0.15) is 22.8 Å². The molecule has 0 aromatic heterocycles. The van der Waals surface area contributed by atoms with Gasteiger partial charge in [-0.15, -0.1) is 6.42 Å². The van der Waals surface area contributed by atoms with Crippen LogP contribution in [0.3, 0.4) is 0 Å². The first kappa shape index (κ1) is 17.8. The van der Waals surface area contributed by atoms with Crippen LogP contribution in [0, 0.1) is 12.3 Å². The number of ether oxygens (including phenoxy) is 1. The van der Waals surface area contributed by atoms with Gasteiger partial charge in [-0.1, -0.05) is 12.0 Å². The van der Waals surface area contributed by atoms with E-state index in [1.807, 2.05) is 0 Å². The molecule has 0 aliphatic rings. The van der Waals surface area contributed by atoms with Crippen molar-refractivity contribution in [1.82, 2.24) is 5.43 Å². The molecule has 0 radical (unpaired) electrons. The lowest BCUT2D eigenvalue weighted by molar-refractivity contribution is -0.114. The molecule has 0 bridgehead atoms. The number of anilines is 1. The van der Waals surface area contributed by atoms with Crippen LogP contribution < -0.4 is 15.5 Å². The molecule has 0 atom stereocenters. The van der Waals surface area contributed by atoms with Gasteiger partial charge in [-0.3, -0.25) is 9.59 Å². The van der Waals surface area contributed by atoms with Crippen LogP contribution in [0.2, 0.25) is 0 Å².